The van der Waals surface area contributed by atoms with Crippen LogP contribution in [0.5, 0.6) is 0 Å². The first kappa shape index (κ1) is 11.2. The van der Waals surface area contributed by atoms with Crippen molar-refractivity contribution in [2.45, 2.75) is 0 Å². The van der Waals surface area contributed by atoms with Gasteiger partial charge in [-0.25, -0.2) is 4.39 Å². The topological polar surface area (TPSA) is 0 Å². The highest BCUT2D eigenvalue weighted by atomic mass is 79.9. The standard InChI is InChI=1S/C9H6Br2ClF/c10-3-1-2-7-8(11)4-6(12)5-9(7)13/h1-2,4-5H,3H2. The fourth-order valence-corrected chi connectivity index (χ4v) is 1.97. The monoisotopic (exact) mass is 326 g/mol. The SMILES string of the molecule is Fc1cc(Cl)cc(Br)c1C=CCBr. The van der Waals surface area contributed by atoms with E-state index in [0.29, 0.717) is 20.4 Å². The molecule has 0 aliphatic carbocycles. The number of allylic oxidation sites excluding steroid dienone is 1. The van der Waals surface area contributed by atoms with Gasteiger partial charge in [-0.3, -0.25) is 0 Å². The van der Waals surface area contributed by atoms with E-state index >= 15 is 0 Å². The summed E-state index contributed by atoms with van der Waals surface area (Å²) in [7, 11) is 0. The average molecular weight is 328 g/mol. The summed E-state index contributed by atoms with van der Waals surface area (Å²) < 4.78 is 13.9. The predicted molar refractivity (Wildman–Crippen MR) is 61.9 cm³/mol. The Kier molecular flexibility index (Phi) is 4.42. The van der Waals surface area contributed by atoms with Crippen LogP contribution in [0.1, 0.15) is 5.56 Å². The van der Waals surface area contributed by atoms with Crippen LogP contribution in [0.2, 0.25) is 5.02 Å². The van der Waals surface area contributed by atoms with Gasteiger partial charge >= 0.3 is 0 Å². The third-order valence-electron chi connectivity index (χ3n) is 1.42. The van der Waals surface area contributed by atoms with Gasteiger partial charge in [-0.15, -0.1) is 0 Å². The summed E-state index contributed by atoms with van der Waals surface area (Å²) in [5.74, 6) is -0.323. The second-order valence-electron chi connectivity index (χ2n) is 2.34. The van der Waals surface area contributed by atoms with Crippen molar-refractivity contribution in [3.8, 4) is 0 Å². The van der Waals surface area contributed by atoms with E-state index in [-0.39, 0.29) is 5.82 Å². The van der Waals surface area contributed by atoms with Gasteiger partial charge < -0.3 is 0 Å². The molecule has 0 spiro atoms. The van der Waals surface area contributed by atoms with Crippen LogP contribution in [0.15, 0.2) is 22.7 Å². The minimum absolute atomic E-state index is 0.323. The van der Waals surface area contributed by atoms with Crippen molar-refractivity contribution in [2.75, 3.05) is 5.33 Å². The van der Waals surface area contributed by atoms with Crippen molar-refractivity contribution in [1.29, 1.82) is 0 Å². The van der Waals surface area contributed by atoms with Gasteiger partial charge in [-0.1, -0.05) is 55.6 Å². The molecule has 70 valence electrons. The summed E-state index contributed by atoms with van der Waals surface area (Å²) in [5.41, 5.74) is 0.517. The predicted octanol–water partition coefficient (Wildman–Crippen LogP) is 4.65. The molecule has 0 saturated heterocycles. The molecule has 0 unspecified atom stereocenters. The van der Waals surface area contributed by atoms with E-state index in [1.165, 1.54) is 6.07 Å². The molecule has 0 aliphatic rings. The lowest BCUT2D eigenvalue weighted by Gasteiger charge is -2.01. The molecule has 13 heavy (non-hydrogen) atoms. The molecule has 0 heterocycles. The minimum atomic E-state index is -0.323. The summed E-state index contributed by atoms with van der Waals surface area (Å²) in [4.78, 5) is 0. The van der Waals surface area contributed by atoms with E-state index in [1.54, 1.807) is 12.1 Å². The molecule has 0 aliphatic heterocycles. The van der Waals surface area contributed by atoms with Crippen molar-refractivity contribution in [3.05, 3.63) is 39.1 Å². The molecule has 4 heteroatoms. The number of halogens is 4. The lowest BCUT2D eigenvalue weighted by Crippen LogP contribution is -1.84. The van der Waals surface area contributed by atoms with E-state index in [2.05, 4.69) is 31.9 Å². The molecule has 0 N–H and O–H groups in total. The molecular formula is C9H6Br2ClF. The molecule has 0 nitrogen and oxygen atoms in total. The fourth-order valence-electron chi connectivity index (χ4n) is 0.875. The number of rotatable bonds is 2. The molecule has 0 radical (unpaired) electrons. The second kappa shape index (κ2) is 5.13. The molecule has 0 aromatic heterocycles. The third-order valence-corrected chi connectivity index (χ3v) is 2.67. The lowest BCUT2D eigenvalue weighted by atomic mass is 10.2. The molecule has 0 amide bonds. The van der Waals surface area contributed by atoms with Crippen molar-refractivity contribution in [1.82, 2.24) is 0 Å². The summed E-state index contributed by atoms with van der Waals surface area (Å²) in [6, 6.07) is 2.96. The highest BCUT2D eigenvalue weighted by Gasteiger charge is 2.04. The van der Waals surface area contributed by atoms with Crippen LogP contribution >= 0.6 is 43.5 Å². The molecule has 0 saturated carbocycles. The van der Waals surface area contributed by atoms with Crippen LogP contribution in [0.4, 0.5) is 4.39 Å². The first-order valence-corrected chi connectivity index (χ1v) is 5.81. The Bertz CT molecular complexity index is 313. The van der Waals surface area contributed by atoms with Crippen molar-refractivity contribution < 1.29 is 4.39 Å². The normalized spacial score (nSPS) is 11.1. The summed E-state index contributed by atoms with van der Waals surface area (Å²) in [6.07, 6.45) is 3.52. The van der Waals surface area contributed by atoms with Gasteiger partial charge in [0.1, 0.15) is 5.82 Å². The summed E-state index contributed by atoms with van der Waals surface area (Å²) >= 11 is 12.1. The first-order valence-electron chi connectivity index (χ1n) is 3.52. The zero-order valence-corrected chi connectivity index (χ0v) is 10.5. The van der Waals surface area contributed by atoms with Gasteiger partial charge in [-0.05, 0) is 12.1 Å². The van der Waals surface area contributed by atoms with E-state index in [9.17, 15) is 4.39 Å². The Morgan fingerprint density at radius 3 is 2.69 bits per heavy atom. The first-order chi connectivity index (χ1) is 6.15. The Labute approximate surface area is 98.0 Å². The Morgan fingerprint density at radius 2 is 2.15 bits per heavy atom. The van der Waals surface area contributed by atoms with Crippen LogP contribution in [0, 0.1) is 5.82 Å². The molecule has 1 aromatic rings. The fraction of sp³-hybridized carbons (Fsp3) is 0.111. The van der Waals surface area contributed by atoms with Gasteiger partial charge in [0.15, 0.2) is 0 Å². The molecular weight excluding hydrogens is 322 g/mol. The minimum Gasteiger partial charge on any atom is -0.206 e. The number of alkyl halides is 1. The van der Waals surface area contributed by atoms with E-state index in [0.717, 1.165) is 0 Å². The Morgan fingerprint density at radius 1 is 1.46 bits per heavy atom. The van der Waals surface area contributed by atoms with Crippen LogP contribution in [0.25, 0.3) is 6.08 Å². The number of benzene rings is 1. The maximum Gasteiger partial charge on any atom is 0.133 e. The molecule has 1 aromatic carbocycles. The Balaban J connectivity index is 3.13. The van der Waals surface area contributed by atoms with Crippen LogP contribution in [-0.4, -0.2) is 5.33 Å². The Hall–Kier alpha value is 0.140. The van der Waals surface area contributed by atoms with Gasteiger partial charge in [-0.2, -0.15) is 0 Å². The molecule has 0 bridgehead atoms. The molecule has 0 atom stereocenters. The van der Waals surface area contributed by atoms with Crippen LogP contribution in [-0.2, 0) is 0 Å². The zero-order chi connectivity index (χ0) is 9.84. The highest BCUT2D eigenvalue weighted by Crippen LogP contribution is 2.25. The zero-order valence-electron chi connectivity index (χ0n) is 6.53. The van der Waals surface area contributed by atoms with Gasteiger partial charge in [0.25, 0.3) is 0 Å². The lowest BCUT2D eigenvalue weighted by molar-refractivity contribution is 0.624. The van der Waals surface area contributed by atoms with Gasteiger partial charge in [0, 0.05) is 20.4 Å². The highest BCUT2D eigenvalue weighted by molar-refractivity contribution is 9.10. The largest absolute Gasteiger partial charge is 0.206 e. The van der Waals surface area contributed by atoms with Crippen molar-refractivity contribution in [2.24, 2.45) is 0 Å². The third kappa shape index (κ3) is 3.08. The van der Waals surface area contributed by atoms with Crippen molar-refractivity contribution >= 4 is 49.5 Å². The maximum absolute atomic E-state index is 13.3. The maximum atomic E-state index is 13.3. The van der Waals surface area contributed by atoms with E-state index in [1.807, 2.05) is 6.08 Å². The molecule has 1 rings (SSSR count). The van der Waals surface area contributed by atoms with Crippen molar-refractivity contribution in [3.63, 3.8) is 0 Å². The van der Waals surface area contributed by atoms with E-state index < -0.39 is 0 Å². The smallest absolute Gasteiger partial charge is 0.133 e. The van der Waals surface area contributed by atoms with Gasteiger partial charge in [0.05, 0.1) is 0 Å². The summed E-state index contributed by atoms with van der Waals surface area (Å²) in [6.45, 7) is 0. The average Bonchev–Trinajstić information content (AvgIpc) is 2.02. The number of hydrogen-bond acceptors (Lipinski definition) is 0. The summed E-state index contributed by atoms with van der Waals surface area (Å²) in [5, 5.41) is 1.09. The van der Waals surface area contributed by atoms with E-state index in [4.69, 9.17) is 11.6 Å². The molecule has 0 fully saturated rings. The van der Waals surface area contributed by atoms with Gasteiger partial charge in [0.2, 0.25) is 0 Å². The van der Waals surface area contributed by atoms with Crippen LogP contribution < -0.4 is 0 Å². The second-order valence-corrected chi connectivity index (χ2v) is 4.28. The number of hydrogen-bond donors (Lipinski definition) is 0. The van der Waals surface area contributed by atoms with Crippen LogP contribution in [0.3, 0.4) is 0 Å². The quantitative estimate of drug-likeness (QED) is 0.693.